The van der Waals surface area contributed by atoms with Crippen molar-refractivity contribution in [2.45, 2.75) is 13.8 Å². The molecule has 4 aromatic carbocycles. The molecule has 0 aliphatic heterocycles. The summed E-state index contributed by atoms with van der Waals surface area (Å²) in [6.07, 6.45) is 0. The lowest BCUT2D eigenvalue weighted by molar-refractivity contribution is 0.104. The van der Waals surface area contributed by atoms with Crippen LogP contribution in [-0.2, 0) is 0 Å². The Kier molecular flexibility index (Phi) is 3.42. The Morgan fingerprint density at radius 3 is 1.54 bits per heavy atom. The van der Waals surface area contributed by atoms with E-state index in [-0.39, 0.29) is 5.78 Å². The summed E-state index contributed by atoms with van der Waals surface area (Å²) in [5.41, 5.74) is 3.86. The molecule has 0 radical (unpaired) electrons. The second-order valence-electron chi connectivity index (χ2n) is 6.39. The summed E-state index contributed by atoms with van der Waals surface area (Å²) in [5, 5.41) is 4.24. The van der Waals surface area contributed by atoms with Crippen LogP contribution in [0, 0.1) is 13.8 Å². The lowest BCUT2D eigenvalue weighted by atomic mass is 9.93. The number of ketones is 1. The normalized spacial score (nSPS) is 11.1. The average molecular weight is 310 g/mol. The SMILES string of the molecule is Cc1ccc2cccc(C(=O)c3cccc4ccc(C)cc34)c2c1. The monoisotopic (exact) mass is 310 g/mol. The summed E-state index contributed by atoms with van der Waals surface area (Å²) in [7, 11) is 0. The topological polar surface area (TPSA) is 17.1 Å². The molecule has 1 heteroatoms. The van der Waals surface area contributed by atoms with Crippen molar-refractivity contribution in [3.63, 3.8) is 0 Å². The van der Waals surface area contributed by atoms with Gasteiger partial charge in [0.05, 0.1) is 0 Å². The first kappa shape index (κ1) is 14.6. The predicted molar refractivity (Wildman–Crippen MR) is 101 cm³/mol. The zero-order chi connectivity index (χ0) is 16.7. The molecule has 0 saturated heterocycles. The van der Waals surface area contributed by atoms with E-state index in [1.165, 1.54) is 0 Å². The van der Waals surface area contributed by atoms with Gasteiger partial charge >= 0.3 is 0 Å². The first-order valence-corrected chi connectivity index (χ1v) is 8.17. The minimum atomic E-state index is 0.0856. The number of carbonyl (C=O) groups is 1. The standard InChI is InChI=1S/C23H18O/c1-15-9-11-17-5-3-7-19(21(17)13-15)23(24)20-8-4-6-18-12-10-16(2)14-22(18)20/h3-14H,1-2H3. The number of benzene rings is 4. The predicted octanol–water partition coefficient (Wildman–Crippen LogP) is 5.84. The van der Waals surface area contributed by atoms with Gasteiger partial charge in [-0.05, 0) is 35.4 Å². The van der Waals surface area contributed by atoms with E-state index >= 15 is 0 Å². The maximum absolute atomic E-state index is 13.3. The molecule has 0 N–H and O–H groups in total. The Balaban J connectivity index is 1.97. The van der Waals surface area contributed by atoms with Gasteiger partial charge in [0.15, 0.2) is 5.78 Å². The quantitative estimate of drug-likeness (QED) is 0.425. The maximum Gasteiger partial charge on any atom is 0.194 e. The van der Waals surface area contributed by atoms with Crippen LogP contribution >= 0.6 is 0 Å². The van der Waals surface area contributed by atoms with Crippen molar-refractivity contribution in [1.29, 1.82) is 0 Å². The van der Waals surface area contributed by atoms with Crippen LogP contribution < -0.4 is 0 Å². The highest BCUT2D eigenvalue weighted by Crippen LogP contribution is 2.27. The summed E-state index contributed by atoms with van der Waals surface area (Å²) >= 11 is 0. The molecule has 0 heterocycles. The third kappa shape index (κ3) is 2.39. The van der Waals surface area contributed by atoms with E-state index in [1.54, 1.807) is 0 Å². The Labute approximate surface area is 141 Å². The Morgan fingerprint density at radius 2 is 1.08 bits per heavy atom. The van der Waals surface area contributed by atoms with Gasteiger partial charge in [-0.1, -0.05) is 83.9 Å². The Morgan fingerprint density at radius 1 is 0.625 bits per heavy atom. The van der Waals surface area contributed by atoms with Crippen LogP contribution in [0.1, 0.15) is 27.0 Å². The molecule has 116 valence electrons. The Hall–Kier alpha value is -2.93. The third-order valence-electron chi connectivity index (χ3n) is 4.56. The van der Waals surface area contributed by atoms with Crippen LogP contribution in [0.3, 0.4) is 0 Å². The zero-order valence-corrected chi connectivity index (χ0v) is 13.8. The minimum absolute atomic E-state index is 0.0856. The lowest BCUT2D eigenvalue weighted by Crippen LogP contribution is -2.03. The minimum Gasteiger partial charge on any atom is -0.289 e. The van der Waals surface area contributed by atoms with E-state index in [0.717, 1.165) is 43.8 Å². The molecular weight excluding hydrogens is 292 g/mol. The number of aryl methyl sites for hydroxylation is 2. The van der Waals surface area contributed by atoms with Crippen LogP contribution in [0.5, 0.6) is 0 Å². The highest BCUT2D eigenvalue weighted by Gasteiger charge is 2.15. The van der Waals surface area contributed by atoms with Crippen LogP contribution in [0.25, 0.3) is 21.5 Å². The summed E-state index contributed by atoms with van der Waals surface area (Å²) in [6.45, 7) is 4.12. The van der Waals surface area contributed by atoms with Gasteiger partial charge in [0, 0.05) is 11.1 Å². The molecule has 0 aliphatic rings. The van der Waals surface area contributed by atoms with Crippen LogP contribution in [0.15, 0.2) is 72.8 Å². The lowest BCUT2D eigenvalue weighted by Gasteiger charge is -2.10. The van der Waals surface area contributed by atoms with Gasteiger partial charge in [0.1, 0.15) is 0 Å². The van der Waals surface area contributed by atoms with Crippen LogP contribution in [0.2, 0.25) is 0 Å². The molecule has 0 amide bonds. The highest BCUT2D eigenvalue weighted by atomic mass is 16.1. The molecule has 0 unspecified atom stereocenters. The van der Waals surface area contributed by atoms with E-state index in [4.69, 9.17) is 0 Å². The van der Waals surface area contributed by atoms with Gasteiger partial charge in [-0.25, -0.2) is 0 Å². The fourth-order valence-corrected chi connectivity index (χ4v) is 3.31. The molecular formula is C23H18O. The van der Waals surface area contributed by atoms with Crippen molar-refractivity contribution in [1.82, 2.24) is 0 Å². The number of carbonyl (C=O) groups excluding carboxylic acids is 1. The summed E-state index contributed by atoms with van der Waals surface area (Å²) < 4.78 is 0. The van der Waals surface area contributed by atoms with Gasteiger partial charge in [-0.3, -0.25) is 4.79 Å². The first-order valence-electron chi connectivity index (χ1n) is 8.17. The van der Waals surface area contributed by atoms with Crippen molar-refractivity contribution in [2.24, 2.45) is 0 Å². The van der Waals surface area contributed by atoms with Gasteiger partial charge in [0.2, 0.25) is 0 Å². The van der Waals surface area contributed by atoms with Crippen LogP contribution in [0.4, 0.5) is 0 Å². The number of fused-ring (bicyclic) bond motifs is 2. The van der Waals surface area contributed by atoms with Crippen molar-refractivity contribution in [2.75, 3.05) is 0 Å². The van der Waals surface area contributed by atoms with E-state index in [9.17, 15) is 4.79 Å². The second-order valence-corrected chi connectivity index (χ2v) is 6.39. The fraction of sp³-hybridized carbons (Fsp3) is 0.0870. The van der Waals surface area contributed by atoms with E-state index in [1.807, 2.05) is 24.3 Å². The van der Waals surface area contributed by atoms with E-state index in [2.05, 4.69) is 62.4 Å². The maximum atomic E-state index is 13.3. The van der Waals surface area contributed by atoms with Gasteiger partial charge in [0.25, 0.3) is 0 Å². The summed E-state index contributed by atoms with van der Waals surface area (Å²) in [5.74, 6) is 0.0856. The molecule has 4 rings (SSSR count). The molecule has 0 fully saturated rings. The van der Waals surface area contributed by atoms with Crippen molar-refractivity contribution in [3.05, 3.63) is 95.1 Å². The van der Waals surface area contributed by atoms with E-state index < -0.39 is 0 Å². The van der Waals surface area contributed by atoms with Crippen molar-refractivity contribution in [3.8, 4) is 0 Å². The number of hydrogen-bond acceptors (Lipinski definition) is 1. The molecule has 0 aliphatic carbocycles. The summed E-state index contributed by atoms with van der Waals surface area (Å²) in [4.78, 5) is 13.3. The highest BCUT2D eigenvalue weighted by molar-refractivity contribution is 6.21. The van der Waals surface area contributed by atoms with Gasteiger partial charge in [-0.15, -0.1) is 0 Å². The molecule has 0 saturated carbocycles. The van der Waals surface area contributed by atoms with E-state index in [0.29, 0.717) is 0 Å². The molecule has 0 atom stereocenters. The molecule has 1 nitrogen and oxygen atoms in total. The largest absolute Gasteiger partial charge is 0.289 e. The van der Waals surface area contributed by atoms with Crippen molar-refractivity contribution >= 4 is 27.3 Å². The van der Waals surface area contributed by atoms with Crippen molar-refractivity contribution < 1.29 is 4.79 Å². The molecule has 4 aromatic rings. The molecule has 0 aromatic heterocycles. The first-order chi connectivity index (χ1) is 11.6. The Bertz CT molecular complexity index is 1000. The second kappa shape index (κ2) is 5.61. The van der Waals surface area contributed by atoms with Gasteiger partial charge in [-0.2, -0.15) is 0 Å². The molecule has 24 heavy (non-hydrogen) atoms. The third-order valence-corrected chi connectivity index (χ3v) is 4.56. The number of rotatable bonds is 2. The fourth-order valence-electron chi connectivity index (χ4n) is 3.31. The smallest absolute Gasteiger partial charge is 0.194 e. The summed E-state index contributed by atoms with van der Waals surface area (Å²) in [6, 6.07) is 24.4. The average Bonchev–Trinajstić information content (AvgIpc) is 2.60. The zero-order valence-electron chi connectivity index (χ0n) is 13.8. The van der Waals surface area contributed by atoms with Gasteiger partial charge < -0.3 is 0 Å². The molecule has 0 spiro atoms. The van der Waals surface area contributed by atoms with Crippen LogP contribution in [-0.4, -0.2) is 5.78 Å². The molecule has 0 bridgehead atoms. The number of hydrogen-bond donors (Lipinski definition) is 0.